The second-order valence-corrected chi connectivity index (χ2v) is 10.2. The van der Waals surface area contributed by atoms with E-state index < -0.39 is 0 Å². The highest BCUT2D eigenvalue weighted by Gasteiger charge is 2.33. The van der Waals surface area contributed by atoms with Crippen molar-refractivity contribution in [1.29, 1.82) is 0 Å². The van der Waals surface area contributed by atoms with Gasteiger partial charge in [-0.25, -0.2) is 0 Å². The highest BCUT2D eigenvalue weighted by atomic mass is 79.9. The van der Waals surface area contributed by atoms with Gasteiger partial charge in [0.25, 0.3) is 0 Å². The van der Waals surface area contributed by atoms with Gasteiger partial charge in [0, 0.05) is 6.04 Å². The highest BCUT2D eigenvalue weighted by Crippen LogP contribution is 2.45. The summed E-state index contributed by atoms with van der Waals surface area (Å²) < 4.78 is 2.54. The zero-order valence-corrected chi connectivity index (χ0v) is 16.5. The molecule has 0 saturated heterocycles. The first-order chi connectivity index (χ1) is 9.51. The third-order valence-corrected chi connectivity index (χ3v) is 6.99. The number of rotatable bonds is 7. The molecule has 114 valence electrons. The van der Waals surface area contributed by atoms with Crippen LogP contribution in [-0.2, 0) is 6.42 Å². The molecule has 1 nitrogen and oxygen atoms in total. The molecule has 0 bridgehead atoms. The molecule has 1 aromatic heterocycles. The molecule has 0 unspecified atom stereocenters. The van der Waals surface area contributed by atoms with E-state index in [-0.39, 0.29) is 0 Å². The number of hydrogen-bond acceptors (Lipinski definition) is 2. The van der Waals surface area contributed by atoms with Gasteiger partial charge in [0.15, 0.2) is 0 Å². The molecule has 20 heavy (non-hydrogen) atoms. The molecule has 2 rings (SSSR count). The lowest BCUT2D eigenvalue weighted by atomic mass is 9.78. The molecule has 0 amide bonds. The van der Waals surface area contributed by atoms with Crippen LogP contribution < -0.4 is 5.32 Å². The van der Waals surface area contributed by atoms with Gasteiger partial charge in [0.2, 0.25) is 0 Å². The van der Waals surface area contributed by atoms with E-state index in [0.717, 1.165) is 0 Å². The first kappa shape index (κ1) is 17.0. The molecule has 1 aromatic rings. The maximum atomic E-state index is 3.69. The van der Waals surface area contributed by atoms with Crippen molar-refractivity contribution in [1.82, 2.24) is 5.32 Å². The topological polar surface area (TPSA) is 12.0 Å². The zero-order valence-electron chi connectivity index (χ0n) is 12.5. The molecule has 1 aliphatic rings. The van der Waals surface area contributed by atoms with E-state index in [1.807, 2.05) is 0 Å². The van der Waals surface area contributed by atoms with Crippen LogP contribution in [-0.4, -0.2) is 12.6 Å². The third-order valence-electron chi connectivity index (χ3n) is 4.52. The monoisotopic (exact) mass is 421 g/mol. The van der Waals surface area contributed by atoms with Crippen molar-refractivity contribution >= 4 is 43.2 Å². The second kappa shape index (κ2) is 7.75. The largest absolute Gasteiger partial charge is 0.315 e. The normalized spacial score (nSPS) is 18.1. The Kier molecular flexibility index (Phi) is 6.58. The lowest BCUT2D eigenvalue weighted by molar-refractivity contribution is 0.242. The van der Waals surface area contributed by atoms with Gasteiger partial charge in [-0.05, 0) is 87.6 Å². The number of thiophene rings is 1. The van der Waals surface area contributed by atoms with Crippen molar-refractivity contribution in [2.45, 2.75) is 64.8 Å². The summed E-state index contributed by atoms with van der Waals surface area (Å²) in [6.45, 7) is 5.65. The molecular weight excluding hydrogens is 398 g/mol. The predicted molar refractivity (Wildman–Crippen MR) is 96.7 cm³/mol. The van der Waals surface area contributed by atoms with Gasteiger partial charge in [-0.1, -0.05) is 26.7 Å². The Hall–Kier alpha value is 0.620. The lowest BCUT2D eigenvalue weighted by Gasteiger charge is -2.29. The van der Waals surface area contributed by atoms with E-state index in [9.17, 15) is 0 Å². The van der Waals surface area contributed by atoms with E-state index in [2.05, 4.69) is 57.1 Å². The van der Waals surface area contributed by atoms with Crippen molar-refractivity contribution in [3.63, 3.8) is 0 Å². The fourth-order valence-corrected chi connectivity index (χ4v) is 6.23. The van der Waals surface area contributed by atoms with E-state index in [0.29, 0.717) is 11.5 Å². The van der Waals surface area contributed by atoms with Gasteiger partial charge in [-0.2, -0.15) is 0 Å². The molecule has 4 heteroatoms. The second-order valence-electron chi connectivity index (χ2n) is 6.42. The fourth-order valence-electron chi connectivity index (χ4n) is 3.32. The number of nitrogens with one attached hydrogen (secondary N) is 1. The molecule has 1 heterocycles. The van der Waals surface area contributed by atoms with Crippen LogP contribution in [0.2, 0.25) is 0 Å². The van der Waals surface area contributed by atoms with E-state index in [1.54, 1.807) is 11.3 Å². The Bertz CT molecular complexity index is 422. The summed E-state index contributed by atoms with van der Waals surface area (Å²) in [5.74, 6) is 0. The summed E-state index contributed by atoms with van der Waals surface area (Å²) in [5, 5.41) is 3.60. The molecular formula is C16H25Br2NS. The summed E-state index contributed by atoms with van der Waals surface area (Å²) in [5.41, 5.74) is 2.07. The third kappa shape index (κ3) is 4.82. The lowest BCUT2D eigenvalue weighted by Crippen LogP contribution is -2.29. The van der Waals surface area contributed by atoms with E-state index in [4.69, 9.17) is 0 Å². The SMILES string of the molecule is CC(C)NCCC1(CCc2cc(Br)sc2Br)CCCC1. The average molecular weight is 423 g/mol. The van der Waals surface area contributed by atoms with Crippen molar-refractivity contribution in [2.24, 2.45) is 5.41 Å². The molecule has 1 aliphatic carbocycles. The quantitative estimate of drug-likeness (QED) is 0.555. The maximum absolute atomic E-state index is 3.69. The fraction of sp³-hybridized carbons (Fsp3) is 0.750. The van der Waals surface area contributed by atoms with Gasteiger partial charge in [0.05, 0.1) is 7.57 Å². The van der Waals surface area contributed by atoms with Crippen molar-refractivity contribution < 1.29 is 0 Å². The van der Waals surface area contributed by atoms with E-state index in [1.165, 1.54) is 64.6 Å². The van der Waals surface area contributed by atoms with E-state index >= 15 is 0 Å². The van der Waals surface area contributed by atoms with Crippen LogP contribution in [0.5, 0.6) is 0 Å². The number of aryl methyl sites for hydroxylation is 1. The molecule has 1 saturated carbocycles. The van der Waals surface area contributed by atoms with Crippen LogP contribution in [0.1, 0.15) is 57.9 Å². The van der Waals surface area contributed by atoms with Crippen LogP contribution in [0, 0.1) is 5.41 Å². The Morgan fingerprint density at radius 3 is 2.50 bits per heavy atom. The minimum absolute atomic E-state index is 0.593. The first-order valence-corrected chi connectivity index (χ1v) is 10.1. The van der Waals surface area contributed by atoms with Crippen LogP contribution in [0.3, 0.4) is 0 Å². The zero-order chi connectivity index (χ0) is 14.6. The van der Waals surface area contributed by atoms with Gasteiger partial charge < -0.3 is 5.32 Å². The Balaban J connectivity index is 1.90. The standard InChI is InChI=1S/C16H25Br2NS/c1-12(2)19-10-9-16(6-3-4-7-16)8-5-13-11-14(17)20-15(13)18/h11-12,19H,3-10H2,1-2H3. The molecule has 0 atom stereocenters. The van der Waals surface area contributed by atoms with Crippen LogP contribution in [0.15, 0.2) is 13.6 Å². The van der Waals surface area contributed by atoms with Crippen molar-refractivity contribution in [2.75, 3.05) is 6.54 Å². The Morgan fingerprint density at radius 1 is 1.25 bits per heavy atom. The first-order valence-electron chi connectivity index (χ1n) is 7.68. The predicted octanol–water partition coefficient (Wildman–Crippen LogP) is 6.15. The van der Waals surface area contributed by atoms with Crippen LogP contribution in [0.25, 0.3) is 0 Å². The number of hydrogen-bond donors (Lipinski definition) is 1. The summed E-state index contributed by atoms with van der Waals surface area (Å²) in [6, 6.07) is 2.89. The molecule has 0 spiro atoms. The molecule has 1 N–H and O–H groups in total. The summed E-state index contributed by atoms with van der Waals surface area (Å²) >= 11 is 9.07. The number of halogens is 2. The minimum Gasteiger partial charge on any atom is -0.315 e. The summed E-state index contributed by atoms with van der Waals surface area (Å²) in [4.78, 5) is 0. The Morgan fingerprint density at radius 2 is 1.95 bits per heavy atom. The smallest absolute Gasteiger partial charge is 0.0742 e. The Labute approximate surface area is 144 Å². The average Bonchev–Trinajstić information content (AvgIpc) is 2.94. The van der Waals surface area contributed by atoms with Gasteiger partial charge in [-0.15, -0.1) is 11.3 Å². The highest BCUT2D eigenvalue weighted by molar-refractivity contribution is 9.12. The van der Waals surface area contributed by atoms with Gasteiger partial charge in [-0.3, -0.25) is 0 Å². The van der Waals surface area contributed by atoms with Gasteiger partial charge >= 0.3 is 0 Å². The molecule has 0 aromatic carbocycles. The van der Waals surface area contributed by atoms with Crippen molar-refractivity contribution in [3.8, 4) is 0 Å². The van der Waals surface area contributed by atoms with Gasteiger partial charge in [0.1, 0.15) is 0 Å². The van der Waals surface area contributed by atoms with Crippen LogP contribution in [0.4, 0.5) is 0 Å². The summed E-state index contributed by atoms with van der Waals surface area (Å²) in [6.07, 6.45) is 9.60. The molecule has 1 fully saturated rings. The maximum Gasteiger partial charge on any atom is 0.0742 e. The molecule has 0 aliphatic heterocycles. The van der Waals surface area contributed by atoms with Crippen LogP contribution >= 0.6 is 43.2 Å². The summed E-state index contributed by atoms with van der Waals surface area (Å²) in [7, 11) is 0. The minimum atomic E-state index is 0.593. The van der Waals surface area contributed by atoms with Crippen molar-refractivity contribution in [3.05, 3.63) is 19.2 Å². The molecule has 0 radical (unpaired) electrons.